The number of hydrogen-bond acceptors (Lipinski definition) is 7. The summed E-state index contributed by atoms with van der Waals surface area (Å²) in [6.45, 7) is 2.56. The van der Waals surface area contributed by atoms with Crippen LogP contribution in [0, 0.1) is 0 Å². The lowest BCUT2D eigenvalue weighted by Crippen LogP contribution is -2.27. The van der Waals surface area contributed by atoms with Gasteiger partial charge in [-0.1, -0.05) is 11.2 Å². The number of nitrogens with one attached hydrogen (secondary N) is 1. The van der Waals surface area contributed by atoms with Crippen LogP contribution < -0.4 is 9.46 Å². The third-order valence-electron chi connectivity index (χ3n) is 4.27. The first-order valence-electron chi connectivity index (χ1n) is 9.19. The molecule has 0 fully saturated rings. The van der Waals surface area contributed by atoms with E-state index in [1.165, 1.54) is 30.1 Å². The molecule has 158 valence electrons. The summed E-state index contributed by atoms with van der Waals surface area (Å²) in [4.78, 5) is 18.4. The number of amides is 1. The summed E-state index contributed by atoms with van der Waals surface area (Å²) in [5, 5.41) is 3.95. The van der Waals surface area contributed by atoms with Gasteiger partial charge in [0.05, 0.1) is 18.0 Å². The zero-order valence-corrected chi connectivity index (χ0v) is 17.6. The third-order valence-corrected chi connectivity index (χ3v) is 5.68. The highest BCUT2D eigenvalue weighted by Gasteiger charge is 2.19. The zero-order chi connectivity index (χ0) is 21.7. The monoisotopic (exact) mass is 430 g/mol. The summed E-state index contributed by atoms with van der Waals surface area (Å²) in [6.07, 6.45) is 0. The molecule has 30 heavy (non-hydrogen) atoms. The molecule has 0 radical (unpaired) electrons. The third kappa shape index (κ3) is 4.84. The molecule has 2 aromatic carbocycles. The molecule has 0 bridgehead atoms. The first kappa shape index (κ1) is 21.5. The number of rotatable bonds is 8. The molecular weight excluding hydrogens is 408 g/mol. The van der Waals surface area contributed by atoms with E-state index in [2.05, 4.69) is 14.9 Å². The van der Waals surface area contributed by atoms with Crippen LogP contribution >= 0.6 is 0 Å². The number of carbonyl (C=O) groups is 1. The Bertz CT molecular complexity index is 1130. The van der Waals surface area contributed by atoms with E-state index in [0.29, 0.717) is 12.4 Å². The summed E-state index contributed by atoms with van der Waals surface area (Å²) < 4.78 is 36.8. The maximum Gasteiger partial charge on any atom is 0.254 e. The Kier molecular flexibility index (Phi) is 6.48. The largest absolute Gasteiger partial charge is 0.494 e. The average molecular weight is 430 g/mol. The number of ether oxygens (including phenoxy) is 1. The molecule has 0 unspecified atom stereocenters. The molecule has 10 heteroatoms. The SMILES string of the molecule is CCOc1ccc(-c2noc(CN(C)C(=O)c3cccc(S(=O)(=O)NC)c3)n2)cc1. The van der Waals surface area contributed by atoms with Gasteiger partial charge in [-0.2, -0.15) is 4.98 Å². The van der Waals surface area contributed by atoms with Gasteiger partial charge in [-0.25, -0.2) is 13.1 Å². The van der Waals surface area contributed by atoms with Crippen molar-refractivity contribution in [2.24, 2.45) is 0 Å². The first-order valence-corrected chi connectivity index (χ1v) is 10.7. The van der Waals surface area contributed by atoms with Crippen LogP contribution in [0.1, 0.15) is 23.2 Å². The number of aromatic nitrogens is 2. The van der Waals surface area contributed by atoms with E-state index in [1.807, 2.05) is 31.2 Å². The first-order chi connectivity index (χ1) is 14.3. The Morgan fingerprint density at radius 3 is 2.60 bits per heavy atom. The summed E-state index contributed by atoms with van der Waals surface area (Å²) in [7, 11) is -0.759. The van der Waals surface area contributed by atoms with Crippen LogP contribution in [0.15, 0.2) is 57.9 Å². The molecule has 1 heterocycles. The molecule has 0 aliphatic rings. The fourth-order valence-corrected chi connectivity index (χ4v) is 3.49. The Hall–Kier alpha value is -3.24. The number of benzene rings is 2. The molecule has 9 nitrogen and oxygen atoms in total. The smallest absolute Gasteiger partial charge is 0.254 e. The van der Waals surface area contributed by atoms with Crippen molar-refractivity contribution >= 4 is 15.9 Å². The van der Waals surface area contributed by atoms with E-state index < -0.39 is 10.0 Å². The second-order valence-electron chi connectivity index (χ2n) is 6.37. The van der Waals surface area contributed by atoms with Crippen molar-refractivity contribution in [3.8, 4) is 17.1 Å². The predicted molar refractivity (Wildman–Crippen MR) is 109 cm³/mol. The highest BCUT2D eigenvalue weighted by atomic mass is 32.2. The molecule has 3 aromatic rings. The molecular formula is C20H22N4O5S. The van der Waals surface area contributed by atoms with Gasteiger partial charge in [0.25, 0.3) is 5.91 Å². The summed E-state index contributed by atoms with van der Waals surface area (Å²) in [5.41, 5.74) is 0.993. The van der Waals surface area contributed by atoms with Gasteiger partial charge in [0, 0.05) is 18.2 Å². The van der Waals surface area contributed by atoms with Crippen molar-refractivity contribution in [1.29, 1.82) is 0 Å². The van der Waals surface area contributed by atoms with Crippen molar-refractivity contribution in [3.05, 3.63) is 60.0 Å². The summed E-state index contributed by atoms with van der Waals surface area (Å²) in [6, 6.07) is 13.1. The van der Waals surface area contributed by atoms with E-state index in [4.69, 9.17) is 9.26 Å². The quantitative estimate of drug-likeness (QED) is 0.583. The number of sulfonamides is 1. The van der Waals surface area contributed by atoms with Crippen molar-refractivity contribution in [1.82, 2.24) is 19.8 Å². The standard InChI is InChI=1S/C20H22N4O5S/c1-4-28-16-10-8-14(9-11-16)19-22-18(29-23-19)13-24(3)20(25)15-6-5-7-17(12-15)30(26,27)21-2/h5-12,21H,4,13H2,1-3H3. The summed E-state index contributed by atoms with van der Waals surface area (Å²) in [5.74, 6) is 1.03. The maximum atomic E-state index is 12.7. The molecule has 0 spiro atoms. The fourth-order valence-electron chi connectivity index (χ4n) is 2.71. The highest BCUT2D eigenvalue weighted by Crippen LogP contribution is 2.20. The van der Waals surface area contributed by atoms with Crippen LogP contribution in [0.4, 0.5) is 0 Å². The molecule has 0 saturated carbocycles. The van der Waals surface area contributed by atoms with E-state index in [-0.39, 0.29) is 28.8 Å². The van der Waals surface area contributed by atoms with E-state index >= 15 is 0 Å². The zero-order valence-electron chi connectivity index (χ0n) is 16.8. The van der Waals surface area contributed by atoms with Crippen LogP contribution in [0.2, 0.25) is 0 Å². The second-order valence-corrected chi connectivity index (χ2v) is 8.25. The van der Waals surface area contributed by atoms with E-state index in [1.54, 1.807) is 13.1 Å². The molecule has 1 aromatic heterocycles. The minimum Gasteiger partial charge on any atom is -0.494 e. The van der Waals surface area contributed by atoms with Gasteiger partial charge in [0.1, 0.15) is 5.75 Å². The van der Waals surface area contributed by atoms with Gasteiger partial charge in [0.15, 0.2) is 0 Å². The Morgan fingerprint density at radius 2 is 1.93 bits per heavy atom. The molecule has 0 atom stereocenters. The van der Waals surface area contributed by atoms with Gasteiger partial charge in [-0.3, -0.25) is 4.79 Å². The molecule has 3 rings (SSSR count). The van der Waals surface area contributed by atoms with Crippen LogP contribution in [0.5, 0.6) is 5.75 Å². The molecule has 0 aliphatic heterocycles. The van der Waals surface area contributed by atoms with Crippen molar-refractivity contribution in [2.75, 3.05) is 20.7 Å². The Balaban J connectivity index is 1.71. The van der Waals surface area contributed by atoms with E-state index in [0.717, 1.165) is 11.3 Å². The van der Waals surface area contributed by atoms with Crippen LogP contribution in [0.25, 0.3) is 11.4 Å². The van der Waals surface area contributed by atoms with E-state index in [9.17, 15) is 13.2 Å². The lowest BCUT2D eigenvalue weighted by Gasteiger charge is -2.15. The van der Waals surface area contributed by atoms with Gasteiger partial charge < -0.3 is 14.2 Å². The minimum absolute atomic E-state index is 0.0137. The predicted octanol–water partition coefficient (Wildman–Crippen LogP) is 2.32. The molecule has 0 saturated heterocycles. The van der Waals surface area contributed by atoms with Gasteiger partial charge in [0.2, 0.25) is 21.7 Å². The number of nitrogens with zero attached hydrogens (tertiary/aromatic N) is 3. The van der Waals surface area contributed by atoms with Crippen LogP contribution in [0.3, 0.4) is 0 Å². The maximum absolute atomic E-state index is 12.7. The van der Waals surface area contributed by atoms with Crippen molar-refractivity contribution in [3.63, 3.8) is 0 Å². The van der Waals surface area contributed by atoms with Gasteiger partial charge in [-0.05, 0) is 56.4 Å². The van der Waals surface area contributed by atoms with Gasteiger partial charge >= 0.3 is 0 Å². The van der Waals surface area contributed by atoms with Crippen molar-refractivity contribution in [2.45, 2.75) is 18.4 Å². The summed E-state index contributed by atoms with van der Waals surface area (Å²) >= 11 is 0. The number of hydrogen-bond donors (Lipinski definition) is 1. The normalized spacial score (nSPS) is 11.3. The fraction of sp³-hybridized carbons (Fsp3) is 0.250. The van der Waals surface area contributed by atoms with Gasteiger partial charge in [-0.15, -0.1) is 0 Å². The highest BCUT2D eigenvalue weighted by molar-refractivity contribution is 7.89. The molecule has 0 aliphatic carbocycles. The topological polar surface area (TPSA) is 115 Å². The average Bonchev–Trinajstić information content (AvgIpc) is 3.22. The molecule has 1 amide bonds. The van der Waals surface area contributed by atoms with Crippen LogP contribution in [-0.4, -0.2) is 50.1 Å². The lowest BCUT2D eigenvalue weighted by molar-refractivity contribution is 0.0769. The molecule has 1 N–H and O–H groups in total. The minimum atomic E-state index is -3.64. The number of carbonyl (C=O) groups excluding carboxylic acids is 1. The van der Waals surface area contributed by atoms with Crippen molar-refractivity contribution < 1.29 is 22.5 Å². The van der Waals surface area contributed by atoms with Crippen LogP contribution in [-0.2, 0) is 16.6 Å². The Morgan fingerprint density at radius 1 is 1.20 bits per heavy atom. The lowest BCUT2D eigenvalue weighted by atomic mass is 10.2. The second kappa shape index (κ2) is 9.06. The Labute approximate surface area is 174 Å².